The van der Waals surface area contributed by atoms with Crippen molar-refractivity contribution in [3.05, 3.63) is 0 Å². The van der Waals surface area contributed by atoms with E-state index in [-0.39, 0.29) is 0 Å². The molecule has 0 bridgehead atoms. The van der Waals surface area contributed by atoms with Crippen molar-refractivity contribution in [3.8, 4) is 6.07 Å². The topological polar surface area (TPSA) is 42.3 Å². The molecule has 0 spiro atoms. The van der Waals surface area contributed by atoms with Gasteiger partial charge in [-0.1, -0.05) is 13.8 Å². The standard InChI is InChI=1S/C13H28N4/c1-6-15-13(3,11-14)12-17(7-2)10-8-9-16(4)5/h15H,6-10,12H2,1-5H3. The molecule has 17 heavy (non-hydrogen) atoms. The van der Waals surface area contributed by atoms with Gasteiger partial charge >= 0.3 is 0 Å². The predicted octanol–water partition coefficient (Wildman–Crippen LogP) is 1.15. The molecule has 0 aromatic heterocycles. The van der Waals surface area contributed by atoms with Gasteiger partial charge in [0.25, 0.3) is 0 Å². The van der Waals surface area contributed by atoms with E-state index in [9.17, 15) is 5.26 Å². The van der Waals surface area contributed by atoms with E-state index in [1.165, 1.54) is 0 Å². The molecule has 1 unspecified atom stereocenters. The summed E-state index contributed by atoms with van der Waals surface area (Å²) in [6, 6.07) is 2.38. The average Bonchev–Trinajstić information content (AvgIpc) is 2.27. The molecule has 0 aliphatic rings. The lowest BCUT2D eigenvalue weighted by molar-refractivity contribution is 0.220. The second kappa shape index (κ2) is 8.46. The Morgan fingerprint density at radius 3 is 2.29 bits per heavy atom. The SMILES string of the molecule is CCNC(C)(C#N)CN(CC)CCCN(C)C. The van der Waals surface area contributed by atoms with Crippen LogP contribution in [0.25, 0.3) is 0 Å². The minimum atomic E-state index is -0.428. The molecule has 1 N–H and O–H groups in total. The second-order valence-corrected chi connectivity index (χ2v) is 5.00. The third-order valence-electron chi connectivity index (χ3n) is 2.88. The van der Waals surface area contributed by atoms with Gasteiger partial charge in [0.1, 0.15) is 5.54 Å². The summed E-state index contributed by atoms with van der Waals surface area (Å²) in [6.07, 6.45) is 1.15. The van der Waals surface area contributed by atoms with E-state index in [2.05, 4.69) is 42.2 Å². The minimum Gasteiger partial charge on any atom is -0.309 e. The van der Waals surface area contributed by atoms with Gasteiger partial charge in [-0.15, -0.1) is 0 Å². The molecule has 0 aromatic carbocycles. The van der Waals surface area contributed by atoms with Crippen LogP contribution in [0, 0.1) is 11.3 Å². The maximum absolute atomic E-state index is 9.23. The molecule has 100 valence electrons. The van der Waals surface area contributed by atoms with Crippen molar-refractivity contribution < 1.29 is 0 Å². The molecule has 4 heteroatoms. The van der Waals surface area contributed by atoms with Crippen LogP contribution in [0.2, 0.25) is 0 Å². The fourth-order valence-corrected chi connectivity index (χ4v) is 1.93. The quantitative estimate of drug-likeness (QED) is 0.656. The van der Waals surface area contributed by atoms with Gasteiger partial charge < -0.3 is 9.80 Å². The molecule has 0 amide bonds. The Labute approximate surface area is 107 Å². The summed E-state index contributed by atoms with van der Waals surface area (Å²) in [7, 11) is 4.18. The first kappa shape index (κ1) is 16.4. The van der Waals surface area contributed by atoms with Crippen LogP contribution < -0.4 is 5.32 Å². The van der Waals surface area contributed by atoms with Gasteiger partial charge in [-0.2, -0.15) is 5.26 Å². The highest BCUT2D eigenvalue weighted by atomic mass is 15.2. The summed E-state index contributed by atoms with van der Waals surface area (Å²) in [4.78, 5) is 4.54. The molecule has 0 aromatic rings. The third-order valence-corrected chi connectivity index (χ3v) is 2.88. The van der Waals surface area contributed by atoms with Gasteiger partial charge in [0.15, 0.2) is 0 Å². The Bertz CT molecular complexity index is 234. The maximum atomic E-state index is 9.23. The van der Waals surface area contributed by atoms with Crippen LogP contribution in [0.15, 0.2) is 0 Å². The average molecular weight is 240 g/mol. The van der Waals surface area contributed by atoms with Gasteiger partial charge in [-0.05, 0) is 53.6 Å². The Kier molecular flexibility index (Phi) is 8.15. The highest BCUT2D eigenvalue weighted by Crippen LogP contribution is 2.06. The van der Waals surface area contributed by atoms with Crippen LogP contribution >= 0.6 is 0 Å². The van der Waals surface area contributed by atoms with E-state index < -0.39 is 5.54 Å². The monoisotopic (exact) mass is 240 g/mol. The fourth-order valence-electron chi connectivity index (χ4n) is 1.93. The third kappa shape index (κ3) is 7.32. The van der Waals surface area contributed by atoms with Gasteiger partial charge in [0.05, 0.1) is 6.07 Å². The summed E-state index contributed by atoms with van der Waals surface area (Å²) < 4.78 is 0. The Balaban J connectivity index is 4.14. The molecule has 0 saturated heterocycles. The molecule has 0 heterocycles. The lowest BCUT2D eigenvalue weighted by Crippen LogP contribution is -2.50. The molecule has 0 saturated carbocycles. The van der Waals surface area contributed by atoms with Crippen LogP contribution in [0.5, 0.6) is 0 Å². The number of nitriles is 1. The lowest BCUT2D eigenvalue weighted by atomic mass is 10.0. The van der Waals surface area contributed by atoms with Gasteiger partial charge in [-0.3, -0.25) is 5.32 Å². The van der Waals surface area contributed by atoms with E-state index in [0.29, 0.717) is 0 Å². The Morgan fingerprint density at radius 2 is 1.88 bits per heavy atom. The van der Waals surface area contributed by atoms with E-state index >= 15 is 0 Å². The minimum absolute atomic E-state index is 0.428. The first-order valence-corrected chi connectivity index (χ1v) is 6.50. The van der Waals surface area contributed by atoms with Gasteiger partial charge in [-0.25, -0.2) is 0 Å². The van der Waals surface area contributed by atoms with Crippen molar-refractivity contribution in [1.29, 1.82) is 5.26 Å². The molecular formula is C13H28N4. The molecule has 4 nitrogen and oxygen atoms in total. The largest absolute Gasteiger partial charge is 0.309 e. The summed E-state index contributed by atoms with van der Waals surface area (Å²) in [5.74, 6) is 0. The summed E-state index contributed by atoms with van der Waals surface area (Å²) >= 11 is 0. The van der Waals surface area contributed by atoms with Crippen molar-refractivity contribution in [1.82, 2.24) is 15.1 Å². The van der Waals surface area contributed by atoms with Crippen LogP contribution in [0.4, 0.5) is 0 Å². The number of rotatable bonds is 9. The van der Waals surface area contributed by atoms with E-state index in [4.69, 9.17) is 0 Å². The van der Waals surface area contributed by atoms with Crippen LogP contribution in [-0.4, -0.2) is 62.2 Å². The zero-order valence-corrected chi connectivity index (χ0v) is 12.1. The van der Waals surface area contributed by atoms with Crippen molar-refractivity contribution in [2.24, 2.45) is 0 Å². The van der Waals surface area contributed by atoms with Gasteiger partial charge in [0, 0.05) is 6.54 Å². The van der Waals surface area contributed by atoms with E-state index in [0.717, 1.165) is 39.1 Å². The Morgan fingerprint density at radius 1 is 1.24 bits per heavy atom. The van der Waals surface area contributed by atoms with Crippen LogP contribution in [-0.2, 0) is 0 Å². The molecule has 0 radical (unpaired) electrons. The smallest absolute Gasteiger partial charge is 0.116 e. The molecule has 0 aliphatic heterocycles. The van der Waals surface area contributed by atoms with Crippen molar-refractivity contribution in [2.75, 3.05) is 46.8 Å². The van der Waals surface area contributed by atoms with Crippen LogP contribution in [0.1, 0.15) is 27.2 Å². The number of nitrogens with one attached hydrogen (secondary N) is 1. The summed E-state index contributed by atoms with van der Waals surface area (Å²) in [5, 5.41) is 12.5. The van der Waals surface area contributed by atoms with Crippen LogP contribution in [0.3, 0.4) is 0 Å². The highest BCUT2D eigenvalue weighted by molar-refractivity contribution is 5.05. The molecule has 0 fully saturated rings. The normalized spacial score (nSPS) is 14.9. The van der Waals surface area contributed by atoms with E-state index in [1.807, 2.05) is 13.8 Å². The zero-order chi connectivity index (χ0) is 13.3. The zero-order valence-electron chi connectivity index (χ0n) is 12.1. The van der Waals surface area contributed by atoms with Crippen molar-refractivity contribution >= 4 is 0 Å². The number of hydrogen-bond donors (Lipinski definition) is 1. The second-order valence-electron chi connectivity index (χ2n) is 5.00. The number of hydrogen-bond acceptors (Lipinski definition) is 4. The first-order chi connectivity index (χ1) is 7.97. The fraction of sp³-hybridized carbons (Fsp3) is 0.923. The number of nitrogens with zero attached hydrogens (tertiary/aromatic N) is 3. The molecular weight excluding hydrogens is 212 g/mol. The molecule has 0 rings (SSSR count). The van der Waals surface area contributed by atoms with Crippen molar-refractivity contribution in [3.63, 3.8) is 0 Å². The maximum Gasteiger partial charge on any atom is 0.116 e. The number of likely N-dealkylation sites (N-methyl/N-ethyl adjacent to an activating group) is 2. The predicted molar refractivity (Wildman–Crippen MR) is 73.0 cm³/mol. The van der Waals surface area contributed by atoms with E-state index in [1.54, 1.807) is 0 Å². The summed E-state index contributed by atoms with van der Waals surface area (Å²) in [6.45, 7) is 10.9. The summed E-state index contributed by atoms with van der Waals surface area (Å²) in [5.41, 5.74) is -0.428. The molecule has 0 aliphatic carbocycles. The Hall–Kier alpha value is -0.630. The lowest BCUT2D eigenvalue weighted by Gasteiger charge is -2.30. The molecule has 1 atom stereocenters. The van der Waals surface area contributed by atoms with Crippen molar-refractivity contribution in [2.45, 2.75) is 32.7 Å². The first-order valence-electron chi connectivity index (χ1n) is 6.50. The van der Waals surface area contributed by atoms with Gasteiger partial charge in [0.2, 0.25) is 0 Å². The highest BCUT2D eigenvalue weighted by Gasteiger charge is 2.24.